The maximum absolute atomic E-state index is 13.4. The summed E-state index contributed by atoms with van der Waals surface area (Å²) < 4.78 is 13.4. The molecular weight excluding hydrogens is 271 g/mol. The number of hydrogen-bond donors (Lipinski definition) is 2. The predicted octanol–water partition coefficient (Wildman–Crippen LogP) is 2.13. The molecule has 1 heterocycles. The molecule has 0 radical (unpaired) electrons. The van der Waals surface area contributed by atoms with Crippen molar-refractivity contribution in [3.63, 3.8) is 0 Å². The second-order valence-electron chi connectivity index (χ2n) is 4.31. The molecule has 5 heteroatoms. The third-order valence-electron chi connectivity index (χ3n) is 2.74. The number of anilines is 1. The first kappa shape index (κ1) is 14.7. The Labute approximate surface area is 121 Å². The van der Waals surface area contributed by atoms with E-state index in [1.165, 1.54) is 18.3 Å². The Morgan fingerprint density at radius 3 is 2.81 bits per heavy atom. The van der Waals surface area contributed by atoms with E-state index < -0.39 is 5.91 Å². The van der Waals surface area contributed by atoms with Crippen LogP contribution in [0.25, 0.3) is 0 Å². The van der Waals surface area contributed by atoms with E-state index in [-0.39, 0.29) is 18.1 Å². The molecule has 2 rings (SSSR count). The van der Waals surface area contributed by atoms with Crippen molar-refractivity contribution in [1.82, 2.24) is 4.98 Å². The average molecular weight is 284 g/mol. The van der Waals surface area contributed by atoms with E-state index >= 15 is 0 Å². The van der Waals surface area contributed by atoms with Crippen LogP contribution in [0, 0.1) is 24.6 Å². The Morgan fingerprint density at radius 2 is 2.19 bits per heavy atom. The van der Waals surface area contributed by atoms with Crippen LogP contribution in [-0.2, 0) is 0 Å². The molecule has 0 fully saturated rings. The topological polar surface area (TPSA) is 62.2 Å². The molecule has 0 aliphatic carbocycles. The largest absolute Gasteiger partial charge is 0.384 e. The third kappa shape index (κ3) is 3.88. The summed E-state index contributed by atoms with van der Waals surface area (Å²) in [5.74, 6) is 4.36. The second kappa shape index (κ2) is 6.64. The number of carbonyl (C=O) groups is 1. The lowest BCUT2D eigenvalue weighted by atomic mass is 10.2. The summed E-state index contributed by atoms with van der Waals surface area (Å²) in [5.41, 5.74) is 1.68. The quantitative estimate of drug-likeness (QED) is 0.830. The highest BCUT2D eigenvalue weighted by Gasteiger charge is 2.08. The molecule has 0 aliphatic rings. The molecule has 1 amide bonds. The van der Waals surface area contributed by atoms with Gasteiger partial charge >= 0.3 is 0 Å². The smallest absolute Gasteiger partial charge is 0.274 e. The summed E-state index contributed by atoms with van der Waals surface area (Å²) in [6.45, 7) is 1.41. The van der Waals surface area contributed by atoms with E-state index in [9.17, 15) is 9.18 Å². The van der Waals surface area contributed by atoms with E-state index in [1.54, 1.807) is 25.1 Å². The summed E-state index contributed by atoms with van der Waals surface area (Å²) in [5, 5.41) is 11.2. The molecule has 0 saturated carbocycles. The molecule has 0 spiro atoms. The lowest BCUT2D eigenvalue weighted by Gasteiger charge is -2.06. The first-order valence-electron chi connectivity index (χ1n) is 6.23. The zero-order valence-corrected chi connectivity index (χ0v) is 11.4. The van der Waals surface area contributed by atoms with Crippen molar-refractivity contribution in [1.29, 1.82) is 0 Å². The number of amides is 1. The highest BCUT2D eigenvalue weighted by molar-refractivity contribution is 6.02. The number of aryl methyl sites for hydroxylation is 1. The minimum absolute atomic E-state index is 0.200. The SMILES string of the molecule is Cc1ccc(NC(=O)c2ccc(C#CCO)cn2)cc1F. The van der Waals surface area contributed by atoms with Gasteiger partial charge in [0.05, 0.1) is 0 Å². The second-order valence-corrected chi connectivity index (χ2v) is 4.31. The standard InChI is InChI=1S/C16H13FN2O2/c1-11-4-6-13(9-14(11)17)19-16(21)15-7-5-12(10-18-15)3-2-8-20/h4-7,9-10,20H,8H2,1H3,(H,19,21). The van der Waals surface area contributed by atoms with Crippen LogP contribution in [0.1, 0.15) is 21.6 Å². The van der Waals surface area contributed by atoms with E-state index in [0.29, 0.717) is 16.8 Å². The summed E-state index contributed by atoms with van der Waals surface area (Å²) in [6.07, 6.45) is 1.44. The highest BCUT2D eigenvalue weighted by atomic mass is 19.1. The summed E-state index contributed by atoms with van der Waals surface area (Å²) in [6, 6.07) is 7.61. The number of nitrogens with zero attached hydrogens (tertiary/aromatic N) is 1. The Kier molecular flexibility index (Phi) is 4.64. The van der Waals surface area contributed by atoms with Crippen LogP contribution in [-0.4, -0.2) is 22.6 Å². The minimum atomic E-state index is -0.431. The summed E-state index contributed by atoms with van der Waals surface area (Å²) in [4.78, 5) is 15.9. The highest BCUT2D eigenvalue weighted by Crippen LogP contribution is 2.14. The Morgan fingerprint density at radius 1 is 1.38 bits per heavy atom. The lowest BCUT2D eigenvalue weighted by Crippen LogP contribution is -2.13. The fraction of sp³-hybridized carbons (Fsp3) is 0.125. The van der Waals surface area contributed by atoms with Gasteiger partial charge in [-0.3, -0.25) is 4.79 Å². The van der Waals surface area contributed by atoms with E-state index in [2.05, 4.69) is 22.1 Å². The maximum Gasteiger partial charge on any atom is 0.274 e. The number of aliphatic hydroxyl groups is 1. The molecule has 0 atom stereocenters. The Hall–Kier alpha value is -2.71. The van der Waals surface area contributed by atoms with Gasteiger partial charge in [0, 0.05) is 17.4 Å². The molecule has 2 N–H and O–H groups in total. The number of benzene rings is 1. The van der Waals surface area contributed by atoms with E-state index in [0.717, 1.165) is 0 Å². The molecular formula is C16H13FN2O2. The van der Waals surface area contributed by atoms with Crippen molar-refractivity contribution in [2.75, 3.05) is 11.9 Å². The van der Waals surface area contributed by atoms with Gasteiger partial charge in [0.1, 0.15) is 18.1 Å². The number of pyridine rings is 1. The molecule has 0 saturated heterocycles. The molecule has 4 nitrogen and oxygen atoms in total. The van der Waals surface area contributed by atoms with Crippen molar-refractivity contribution in [2.24, 2.45) is 0 Å². The van der Waals surface area contributed by atoms with Gasteiger partial charge in [0.15, 0.2) is 0 Å². The van der Waals surface area contributed by atoms with E-state index in [1.807, 2.05) is 0 Å². The molecule has 106 valence electrons. The summed E-state index contributed by atoms with van der Waals surface area (Å²) in [7, 11) is 0. The minimum Gasteiger partial charge on any atom is -0.384 e. The zero-order valence-electron chi connectivity index (χ0n) is 11.4. The third-order valence-corrected chi connectivity index (χ3v) is 2.74. The monoisotopic (exact) mass is 284 g/mol. The van der Waals surface area contributed by atoms with Crippen LogP contribution in [0.2, 0.25) is 0 Å². The summed E-state index contributed by atoms with van der Waals surface area (Å²) >= 11 is 0. The molecule has 0 unspecified atom stereocenters. The molecule has 0 bridgehead atoms. The van der Waals surface area contributed by atoms with E-state index in [4.69, 9.17) is 5.11 Å². The van der Waals surface area contributed by atoms with Crippen molar-refractivity contribution in [3.8, 4) is 11.8 Å². The fourth-order valence-corrected chi connectivity index (χ4v) is 1.61. The Balaban J connectivity index is 2.11. The number of nitrogens with one attached hydrogen (secondary N) is 1. The van der Waals surface area contributed by atoms with Gasteiger partial charge in [-0.15, -0.1) is 0 Å². The van der Waals surface area contributed by atoms with Gasteiger partial charge < -0.3 is 10.4 Å². The molecule has 1 aromatic heterocycles. The van der Waals surface area contributed by atoms with Crippen molar-refractivity contribution < 1.29 is 14.3 Å². The number of hydrogen-bond acceptors (Lipinski definition) is 3. The maximum atomic E-state index is 13.4. The molecule has 21 heavy (non-hydrogen) atoms. The fourth-order valence-electron chi connectivity index (χ4n) is 1.61. The van der Waals surface area contributed by atoms with Gasteiger partial charge in [-0.05, 0) is 36.8 Å². The van der Waals surface area contributed by atoms with Crippen LogP contribution >= 0.6 is 0 Å². The van der Waals surface area contributed by atoms with Crippen LogP contribution in [0.3, 0.4) is 0 Å². The van der Waals surface area contributed by atoms with Crippen LogP contribution < -0.4 is 5.32 Å². The number of halogens is 1. The molecule has 1 aromatic carbocycles. The van der Waals surface area contributed by atoms with Gasteiger partial charge in [-0.25, -0.2) is 9.37 Å². The van der Waals surface area contributed by atoms with Crippen molar-refractivity contribution in [3.05, 3.63) is 59.2 Å². The normalized spacial score (nSPS) is 9.67. The van der Waals surface area contributed by atoms with Crippen LogP contribution in [0.4, 0.5) is 10.1 Å². The van der Waals surface area contributed by atoms with Gasteiger partial charge in [0.25, 0.3) is 5.91 Å². The number of aromatic nitrogens is 1. The lowest BCUT2D eigenvalue weighted by molar-refractivity contribution is 0.102. The zero-order chi connectivity index (χ0) is 15.2. The predicted molar refractivity (Wildman–Crippen MR) is 77.3 cm³/mol. The number of rotatable bonds is 2. The van der Waals surface area contributed by atoms with Crippen LogP contribution in [0.15, 0.2) is 36.5 Å². The molecule has 0 aliphatic heterocycles. The number of aliphatic hydroxyl groups excluding tert-OH is 1. The van der Waals surface area contributed by atoms with Crippen molar-refractivity contribution >= 4 is 11.6 Å². The Bertz CT molecular complexity index is 715. The van der Waals surface area contributed by atoms with Crippen LogP contribution in [0.5, 0.6) is 0 Å². The van der Waals surface area contributed by atoms with Gasteiger partial charge in [-0.2, -0.15) is 0 Å². The van der Waals surface area contributed by atoms with Gasteiger partial charge in [0.2, 0.25) is 0 Å². The van der Waals surface area contributed by atoms with Crippen molar-refractivity contribution in [2.45, 2.75) is 6.92 Å². The average Bonchev–Trinajstić information content (AvgIpc) is 2.49. The first-order valence-corrected chi connectivity index (χ1v) is 6.23. The number of carbonyl (C=O) groups excluding carboxylic acids is 1. The molecule has 2 aromatic rings. The first-order chi connectivity index (χ1) is 10.1. The van der Waals surface area contributed by atoms with Gasteiger partial charge in [-0.1, -0.05) is 17.9 Å².